The summed E-state index contributed by atoms with van der Waals surface area (Å²) in [5, 5.41) is 9.56. The highest BCUT2D eigenvalue weighted by molar-refractivity contribution is 5.94. The SMILES string of the molecule is COc1cc(-c2nnc(-c3cc(-c4ccccc4)nc4ccccc34)o2)cc(OC)c1OC. The number of hydrogen-bond acceptors (Lipinski definition) is 7. The lowest BCUT2D eigenvalue weighted by molar-refractivity contribution is 0.324. The minimum Gasteiger partial charge on any atom is -0.493 e. The normalized spacial score (nSPS) is 10.9. The van der Waals surface area contributed by atoms with Crippen LogP contribution in [0.5, 0.6) is 17.2 Å². The van der Waals surface area contributed by atoms with Gasteiger partial charge in [0.1, 0.15) is 0 Å². The summed E-state index contributed by atoms with van der Waals surface area (Å²) < 4.78 is 22.4. The molecule has 0 aliphatic rings. The maximum Gasteiger partial charge on any atom is 0.248 e. The maximum atomic E-state index is 6.13. The molecule has 0 aliphatic carbocycles. The summed E-state index contributed by atoms with van der Waals surface area (Å²) in [7, 11) is 4.69. The van der Waals surface area contributed by atoms with E-state index in [-0.39, 0.29) is 0 Å². The lowest BCUT2D eigenvalue weighted by atomic mass is 10.0. The number of aromatic nitrogens is 3. The van der Waals surface area contributed by atoms with Crippen LogP contribution < -0.4 is 14.2 Å². The van der Waals surface area contributed by atoms with Gasteiger partial charge in [-0.25, -0.2) is 4.98 Å². The van der Waals surface area contributed by atoms with Crippen LogP contribution >= 0.6 is 0 Å². The predicted molar refractivity (Wildman–Crippen MR) is 126 cm³/mol. The molecule has 5 aromatic rings. The number of ether oxygens (including phenoxy) is 3. The average Bonchev–Trinajstić information content (AvgIpc) is 3.37. The van der Waals surface area contributed by atoms with Crippen LogP contribution in [0.1, 0.15) is 0 Å². The molecule has 0 radical (unpaired) electrons. The third-order valence-corrected chi connectivity index (χ3v) is 5.35. The zero-order valence-electron chi connectivity index (χ0n) is 18.4. The molecular weight excluding hydrogens is 418 g/mol. The number of methoxy groups -OCH3 is 3. The minimum absolute atomic E-state index is 0.339. The maximum absolute atomic E-state index is 6.13. The Kier molecular flexibility index (Phi) is 5.36. The van der Waals surface area contributed by atoms with Crippen LogP contribution in [-0.2, 0) is 0 Å². The van der Waals surface area contributed by atoms with E-state index in [9.17, 15) is 0 Å². The van der Waals surface area contributed by atoms with Crippen LogP contribution in [0, 0.1) is 0 Å². The fourth-order valence-electron chi connectivity index (χ4n) is 3.76. The summed E-state index contributed by atoms with van der Waals surface area (Å²) in [5.41, 5.74) is 4.16. The molecule has 0 aliphatic heterocycles. The number of benzene rings is 3. The Labute approximate surface area is 190 Å². The largest absolute Gasteiger partial charge is 0.493 e. The highest BCUT2D eigenvalue weighted by atomic mass is 16.5. The van der Waals surface area contributed by atoms with Gasteiger partial charge in [0, 0.05) is 16.5 Å². The number of pyridine rings is 1. The molecule has 0 N–H and O–H groups in total. The van der Waals surface area contributed by atoms with E-state index in [1.807, 2.05) is 60.7 Å². The molecular formula is C26H21N3O4. The molecule has 5 rings (SSSR count). The van der Waals surface area contributed by atoms with Gasteiger partial charge in [0.2, 0.25) is 17.5 Å². The van der Waals surface area contributed by atoms with Crippen molar-refractivity contribution in [3.05, 3.63) is 72.8 Å². The lowest BCUT2D eigenvalue weighted by Crippen LogP contribution is -1.95. The van der Waals surface area contributed by atoms with Crippen molar-refractivity contribution in [2.24, 2.45) is 0 Å². The smallest absolute Gasteiger partial charge is 0.248 e. The Morgan fingerprint density at radius 1 is 0.667 bits per heavy atom. The Bertz CT molecular complexity index is 1410. The monoisotopic (exact) mass is 439 g/mol. The highest BCUT2D eigenvalue weighted by Gasteiger charge is 2.19. The summed E-state index contributed by atoms with van der Waals surface area (Å²) in [5.74, 6) is 2.25. The van der Waals surface area contributed by atoms with Crippen molar-refractivity contribution in [1.82, 2.24) is 15.2 Å². The van der Waals surface area contributed by atoms with E-state index in [0.717, 1.165) is 27.7 Å². The van der Waals surface area contributed by atoms with Crippen molar-refractivity contribution in [2.45, 2.75) is 0 Å². The van der Waals surface area contributed by atoms with Gasteiger partial charge in [-0.1, -0.05) is 48.5 Å². The van der Waals surface area contributed by atoms with Gasteiger partial charge < -0.3 is 18.6 Å². The van der Waals surface area contributed by atoms with Gasteiger partial charge in [-0.15, -0.1) is 10.2 Å². The first-order chi connectivity index (χ1) is 16.2. The van der Waals surface area contributed by atoms with Gasteiger partial charge in [0.15, 0.2) is 11.5 Å². The van der Waals surface area contributed by atoms with Crippen molar-refractivity contribution in [3.63, 3.8) is 0 Å². The Morgan fingerprint density at radius 3 is 2.03 bits per heavy atom. The van der Waals surface area contributed by atoms with E-state index < -0.39 is 0 Å². The Morgan fingerprint density at radius 2 is 1.33 bits per heavy atom. The number of para-hydroxylation sites is 1. The van der Waals surface area contributed by atoms with Crippen molar-refractivity contribution < 1.29 is 18.6 Å². The predicted octanol–water partition coefficient (Wildman–Crippen LogP) is 5.64. The Hall–Kier alpha value is -4.39. The molecule has 3 aromatic carbocycles. The quantitative estimate of drug-likeness (QED) is 0.338. The molecule has 33 heavy (non-hydrogen) atoms. The first kappa shape index (κ1) is 20.5. The standard InChI is InChI=1S/C26H21N3O4/c1-30-22-13-17(14-23(31-2)24(22)32-3)25-28-29-26(33-25)19-15-21(16-9-5-4-6-10-16)27-20-12-8-7-11-18(19)20/h4-15H,1-3H3. The number of hydrogen-bond donors (Lipinski definition) is 0. The van der Waals surface area contributed by atoms with Crippen LogP contribution in [0.3, 0.4) is 0 Å². The van der Waals surface area contributed by atoms with Crippen LogP contribution in [0.25, 0.3) is 45.1 Å². The average molecular weight is 439 g/mol. The van der Waals surface area contributed by atoms with Crippen LogP contribution in [0.15, 0.2) is 77.2 Å². The van der Waals surface area contributed by atoms with E-state index in [1.165, 1.54) is 0 Å². The van der Waals surface area contributed by atoms with Crippen molar-refractivity contribution in [2.75, 3.05) is 21.3 Å². The van der Waals surface area contributed by atoms with E-state index in [2.05, 4.69) is 10.2 Å². The second-order valence-electron chi connectivity index (χ2n) is 7.26. The van der Waals surface area contributed by atoms with Crippen LogP contribution in [-0.4, -0.2) is 36.5 Å². The first-order valence-electron chi connectivity index (χ1n) is 10.3. The summed E-state index contributed by atoms with van der Waals surface area (Å²) in [4.78, 5) is 4.82. The molecule has 0 bridgehead atoms. The fourth-order valence-corrected chi connectivity index (χ4v) is 3.76. The van der Waals surface area contributed by atoms with Gasteiger partial charge in [-0.2, -0.15) is 0 Å². The molecule has 0 unspecified atom stereocenters. The van der Waals surface area contributed by atoms with Crippen molar-refractivity contribution in [3.8, 4) is 51.4 Å². The second kappa shape index (κ2) is 8.63. The third kappa shape index (κ3) is 3.74. The molecule has 7 nitrogen and oxygen atoms in total. The van der Waals surface area contributed by atoms with Gasteiger partial charge in [0.25, 0.3) is 0 Å². The first-order valence-corrected chi connectivity index (χ1v) is 10.3. The van der Waals surface area contributed by atoms with E-state index >= 15 is 0 Å². The molecule has 2 heterocycles. The molecule has 0 fully saturated rings. The minimum atomic E-state index is 0.339. The molecule has 7 heteroatoms. The molecule has 0 saturated carbocycles. The van der Waals surface area contributed by atoms with Gasteiger partial charge in [0.05, 0.1) is 38.1 Å². The number of rotatable bonds is 6. The molecule has 2 aromatic heterocycles. The summed E-state index contributed by atoms with van der Waals surface area (Å²) >= 11 is 0. The van der Waals surface area contributed by atoms with E-state index in [1.54, 1.807) is 33.5 Å². The van der Waals surface area contributed by atoms with Crippen LogP contribution in [0.4, 0.5) is 0 Å². The van der Waals surface area contributed by atoms with Crippen LogP contribution in [0.2, 0.25) is 0 Å². The van der Waals surface area contributed by atoms with E-state index in [4.69, 9.17) is 23.6 Å². The van der Waals surface area contributed by atoms with Gasteiger partial charge >= 0.3 is 0 Å². The molecule has 0 amide bonds. The van der Waals surface area contributed by atoms with E-state index in [0.29, 0.717) is 34.6 Å². The number of nitrogens with zero attached hydrogens (tertiary/aromatic N) is 3. The zero-order chi connectivity index (χ0) is 22.8. The molecule has 164 valence electrons. The highest BCUT2D eigenvalue weighted by Crippen LogP contribution is 2.41. The Balaban J connectivity index is 1.64. The molecule has 0 atom stereocenters. The zero-order valence-corrected chi connectivity index (χ0v) is 18.4. The second-order valence-corrected chi connectivity index (χ2v) is 7.26. The van der Waals surface area contributed by atoms with Gasteiger partial charge in [-0.05, 0) is 24.3 Å². The summed E-state index contributed by atoms with van der Waals surface area (Å²) in [6.45, 7) is 0. The van der Waals surface area contributed by atoms with Gasteiger partial charge in [-0.3, -0.25) is 0 Å². The van der Waals surface area contributed by atoms with Crippen molar-refractivity contribution in [1.29, 1.82) is 0 Å². The molecule has 0 spiro atoms. The third-order valence-electron chi connectivity index (χ3n) is 5.35. The lowest BCUT2D eigenvalue weighted by Gasteiger charge is -2.12. The van der Waals surface area contributed by atoms with Crippen molar-refractivity contribution >= 4 is 10.9 Å². The number of fused-ring (bicyclic) bond motifs is 1. The topological polar surface area (TPSA) is 79.5 Å². The fraction of sp³-hybridized carbons (Fsp3) is 0.115. The molecule has 0 saturated heterocycles. The summed E-state index contributed by atoms with van der Waals surface area (Å²) in [6.07, 6.45) is 0. The summed E-state index contributed by atoms with van der Waals surface area (Å²) in [6, 6.07) is 23.4.